The van der Waals surface area contributed by atoms with Crippen LogP contribution in [0.15, 0.2) is 24.5 Å². The van der Waals surface area contributed by atoms with Crippen molar-refractivity contribution in [3.63, 3.8) is 0 Å². The van der Waals surface area contributed by atoms with Crippen molar-refractivity contribution in [2.75, 3.05) is 6.61 Å². The molecule has 1 aliphatic rings. The van der Waals surface area contributed by atoms with Crippen LogP contribution in [0.3, 0.4) is 0 Å². The Morgan fingerprint density at radius 3 is 3.15 bits per heavy atom. The van der Waals surface area contributed by atoms with Crippen molar-refractivity contribution in [2.24, 2.45) is 0 Å². The summed E-state index contributed by atoms with van der Waals surface area (Å²) in [7, 11) is 0. The maximum absolute atomic E-state index is 13.5. The molecule has 2 aromatic rings. The van der Waals surface area contributed by atoms with Gasteiger partial charge in [-0.3, -0.25) is 4.79 Å². The Morgan fingerprint density at radius 1 is 1.60 bits per heavy atom. The molecule has 0 aromatic carbocycles. The van der Waals surface area contributed by atoms with Crippen LogP contribution in [0.4, 0.5) is 4.39 Å². The lowest BCUT2D eigenvalue weighted by Gasteiger charge is -2.09. The number of ether oxygens (including phenoxy) is 1. The molecule has 0 saturated carbocycles. The lowest BCUT2D eigenvalue weighted by atomic mass is 10.2. The third-order valence-electron chi connectivity index (χ3n) is 3.14. The van der Waals surface area contributed by atoms with Crippen LogP contribution in [0, 0.1) is 5.82 Å². The topological polar surface area (TPSA) is 72.7 Å². The Balaban J connectivity index is 1.69. The van der Waals surface area contributed by atoms with Gasteiger partial charge in [-0.15, -0.1) is 0 Å². The van der Waals surface area contributed by atoms with Crippen LogP contribution in [0.5, 0.6) is 0 Å². The van der Waals surface area contributed by atoms with Crippen molar-refractivity contribution in [1.29, 1.82) is 0 Å². The number of aromatic nitrogens is 2. The second kappa shape index (κ2) is 4.92. The lowest BCUT2D eigenvalue weighted by Crippen LogP contribution is -2.30. The third-order valence-corrected chi connectivity index (χ3v) is 3.14. The molecule has 6 nitrogen and oxygen atoms in total. The first-order chi connectivity index (χ1) is 9.63. The first kappa shape index (κ1) is 12.6. The number of hydrogen-bond acceptors (Lipinski definition) is 4. The number of imidazole rings is 1. The van der Waals surface area contributed by atoms with E-state index < -0.39 is 11.8 Å². The molecular formula is C13H12FN3O3. The fourth-order valence-corrected chi connectivity index (χ4v) is 2.13. The van der Waals surface area contributed by atoms with Gasteiger partial charge in [-0.2, -0.15) is 0 Å². The fraction of sp³-hybridized carbons (Fsp3) is 0.308. The maximum atomic E-state index is 13.5. The summed E-state index contributed by atoms with van der Waals surface area (Å²) >= 11 is 0. The first-order valence-corrected chi connectivity index (χ1v) is 6.23. The molecule has 2 aromatic heterocycles. The van der Waals surface area contributed by atoms with E-state index in [4.69, 9.17) is 4.74 Å². The molecule has 20 heavy (non-hydrogen) atoms. The fourth-order valence-electron chi connectivity index (χ4n) is 2.13. The molecule has 1 amide bonds. The predicted molar refractivity (Wildman–Crippen MR) is 66.6 cm³/mol. The summed E-state index contributed by atoms with van der Waals surface area (Å²) in [5.41, 5.74) is 0.119. The standard InChI is InChI=1S/C13H12FN3O3/c14-9-2-1-5-17-6-10(16-12(9)17)13(19)20-7-8-3-4-11(18)15-8/h1-2,5-6,8H,3-4,7H2,(H,15,18)/t8-/m1/s1. The van der Waals surface area contributed by atoms with E-state index in [1.165, 1.54) is 22.7 Å². The zero-order chi connectivity index (χ0) is 14.1. The SMILES string of the molecule is O=C1CC[C@H](COC(=O)c2cn3cccc(F)c3n2)N1. The third kappa shape index (κ3) is 2.34. The van der Waals surface area contributed by atoms with Crippen LogP contribution in [0.1, 0.15) is 23.3 Å². The molecule has 1 saturated heterocycles. The largest absolute Gasteiger partial charge is 0.459 e. The minimum absolute atomic E-state index is 0.0409. The van der Waals surface area contributed by atoms with Crippen LogP contribution in [0.25, 0.3) is 5.65 Å². The minimum Gasteiger partial charge on any atom is -0.459 e. The Morgan fingerprint density at radius 2 is 2.45 bits per heavy atom. The van der Waals surface area contributed by atoms with Gasteiger partial charge in [-0.1, -0.05) is 0 Å². The van der Waals surface area contributed by atoms with Gasteiger partial charge in [-0.05, 0) is 18.6 Å². The summed E-state index contributed by atoms with van der Waals surface area (Å²) in [6.07, 6.45) is 4.10. The molecule has 7 heteroatoms. The quantitative estimate of drug-likeness (QED) is 0.846. The molecule has 1 fully saturated rings. The highest BCUT2D eigenvalue weighted by molar-refractivity contribution is 5.88. The molecule has 3 rings (SSSR count). The highest BCUT2D eigenvalue weighted by Gasteiger charge is 2.23. The zero-order valence-electron chi connectivity index (χ0n) is 10.5. The van der Waals surface area contributed by atoms with Gasteiger partial charge >= 0.3 is 5.97 Å². The van der Waals surface area contributed by atoms with Gasteiger partial charge in [0.15, 0.2) is 17.2 Å². The van der Waals surface area contributed by atoms with Crippen LogP contribution in [-0.4, -0.2) is 33.9 Å². The van der Waals surface area contributed by atoms with E-state index in [2.05, 4.69) is 10.3 Å². The molecule has 3 heterocycles. The number of esters is 1. The van der Waals surface area contributed by atoms with Gasteiger partial charge in [0, 0.05) is 18.8 Å². The second-order valence-electron chi connectivity index (χ2n) is 4.61. The number of rotatable bonds is 3. The van der Waals surface area contributed by atoms with Gasteiger partial charge < -0.3 is 14.5 Å². The summed E-state index contributed by atoms with van der Waals surface area (Å²) in [5.74, 6) is -1.18. The number of carbonyl (C=O) groups excluding carboxylic acids is 2. The summed E-state index contributed by atoms with van der Waals surface area (Å²) in [5, 5.41) is 2.69. The normalized spacial score (nSPS) is 18.2. The molecule has 1 N–H and O–H groups in total. The highest BCUT2D eigenvalue weighted by Crippen LogP contribution is 2.11. The van der Waals surface area contributed by atoms with Crippen molar-refractivity contribution in [3.8, 4) is 0 Å². The van der Waals surface area contributed by atoms with E-state index in [0.29, 0.717) is 12.8 Å². The zero-order valence-corrected chi connectivity index (χ0v) is 10.5. The van der Waals surface area contributed by atoms with E-state index in [1.807, 2.05) is 0 Å². The molecule has 0 spiro atoms. The number of carbonyl (C=O) groups is 2. The molecule has 104 valence electrons. The van der Waals surface area contributed by atoms with Gasteiger partial charge in [-0.25, -0.2) is 14.2 Å². The second-order valence-corrected chi connectivity index (χ2v) is 4.61. The number of nitrogens with zero attached hydrogens (tertiary/aromatic N) is 2. The maximum Gasteiger partial charge on any atom is 0.358 e. The Labute approximate surface area is 113 Å². The van der Waals surface area contributed by atoms with Crippen molar-refractivity contribution in [1.82, 2.24) is 14.7 Å². The van der Waals surface area contributed by atoms with Crippen molar-refractivity contribution in [3.05, 3.63) is 36.0 Å². The van der Waals surface area contributed by atoms with Crippen LogP contribution >= 0.6 is 0 Å². The number of fused-ring (bicyclic) bond motifs is 1. The molecule has 1 atom stereocenters. The molecular weight excluding hydrogens is 265 g/mol. The Kier molecular flexibility index (Phi) is 3.09. The lowest BCUT2D eigenvalue weighted by molar-refractivity contribution is -0.119. The Hall–Kier alpha value is -2.44. The van der Waals surface area contributed by atoms with Gasteiger partial charge in [0.1, 0.15) is 6.61 Å². The predicted octanol–water partition coefficient (Wildman–Crippen LogP) is 0.909. The van der Waals surface area contributed by atoms with E-state index in [0.717, 1.165) is 0 Å². The average Bonchev–Trinajstić information content (AvgIpc) is 3.03. The van der Waals surface area contributed by atoms with E-state index in [1.54, 1.807) is 6.20 Å². The van der Waals surface area contributed by atoms with Crippen LogP contribution in [-0.2, 0) is 9.53 Å². The van der Waals surface area contributed by atoms with Crippen LogP contribution < -0.4 is 5.32 Å². The summed E-state index contributed by atoms with van der Waals surface area (Å²) in [6, 6.07) is 2.64. The van der Waals surface area contributed by atoms with Crippen molar-refractivity contribution < 1.29 is 18.7 Å². The molecule has 0 unspecified atom stereocenters. The van der Waals surface area contributed by atoms with Crippen molar-refractivity contribution >= 4 is 17.5 Å². The number of pyridine rings is 1. The smallest absolute Gasteiger partial charge is 0.358 e. The highest BCUT2D eigenvalue weighted by atomic mass is 19.1. The van der Waals surface area contributed by atoms with E-state index >= 15 is 0 Å². The summed E-state index contributed by atoms with van der Waals surface area (Å²) < 4.78 is 20.0. The number of halogens is 1. The Bertz CT molecular complexity index is 683. The first-order valence-electron chi connectivity index (χ1n) is 6.23. The average molecular weight is 277 g/mol. The minimum atomic E-state index is -0.630. The number of nitrogens with one attached hydrogen (secondary N) is 1. The summed E-state index contributed by atoms with van der Waals surface area (Å²) in [6.45, 7) is 0.0981. The van der Waals surface area contributed by atoms with Gasteiger partial charge in [0.25, 0.3) is 0 Å². The summed E-state index contributed by atoms with van der Waals surface area (Å²) in [4.78, 5) is 26.7. The van der Waals surface area contributed by atoms with Crippen molar-refractivity contribution in [2.45, 2.75) is 18.9 Å². The molecule has 1 aliphatic heterocycles. The van der Waals surface area contributed by atoms with E-state index in [-0.39, 0.29) is 29.9 Å². The molecule has 0 radical (unpaired) electrons. The monoisotopic (exact) mass is 277 g/mol. The number of amides is 1. The molecule has 0 aliphatic carbocycles. The van der Waals surface area contributed by atoms with Crippen LogP contribution in [0.2, 0.25) is 0 Å². The number of hydrogen-bond donors (Lipinski definition) is 1. The van der Waals surface area contributed by atoms with E-state index in [9.17, 15) is 14.0 Å². The van der Waals surface area contributed by atoms with Gasteiger partial charge in [0.2, 0.25) is 5.91 Å². The van der Waals surface area contributed by atoms with Gasteiger partial charge in [0.05, 0.1) is 6.04 Å². The molecule has 0 bridgehead atoms.